The van der Waals surface area contributed by atoms with Crippen LogP contribution < -0.4 is 0 Å². The molecule has 0 bridgehead atoms. The molecule has 2 rings (SSSR count). The van der Waals surface area contributed by atoms with Crippen molar-refractivity contribution < 1.29 is 8.78 Å². The number of rotatable bonds is 3. The SMILES string of the molecule is FC(F)n1nc(-c2ccccn2)cc1CCl. The molecule has 2 aromatic rings. The Bertz CT molecular complexity index is 470. The molecular formula is C10H8ClF2N3. The zero-order valence-electron chi connectivity index (χ0n) is 8.15. The van der Waals surface area contributed by atoms with E-state index < -0.39 is 6.55 Å². The maximum atomic E-state index is 12.6. The van der Waals surface area contributed by atoms with Gasteiger partial charge in [-0.25, -0.2) is 4.68 Å². The van der Waals surface area contributed by atoms with Crippen molar-refractivity contribution in [3.05, 3.63) is 36.2 Å². The minimum atomic E-state index is -2.69. The van der Waals surface area contributed by atoms with Gasteiger partial charge in [0, 0.05) is 6.20 Å². The third-order valence-corrected chi connectivity index (χ3v) is 2.34. The Morgan fingerprint density at radius 2 is 2.12 bits per heavy atom. The average molecular weight is 244 g/mol. The van der Waals surface area contributed by atoms with Gasteiger partial charge in [0.15, 0.2) is 0 Å². The lowest BCUT2D eigenvalue weighted by Crippen LogP contribution is -2.03. The number of alkyl halides is 3. The standard InChI is InChI=1S/C10H8ClF2N3/c11-6-7-5-9(15-16(7)10(12)13)8-3-1-2-4-14-8/h1-5,10H,6H2. The van der Waals surface area contributed by atoms with Crippen molar-refractivity contribution in [3.63, 3.8) is 0 Å². The van der Waals surface area contributed by atoms with E-state index >= 15 is 0 Å². The van der Waals surface area contributed by atoms with E-state index in [2.05, 4.69) is 10.1 Å². The summed E-state index contributed by atoms with van der Waals surface area (Å²) in [7, 11) is 0. The predicted molar refractivity (Wildman–Crippen MR) is 56.3 cm³/mol. The van der Waals surface area contributed by atoms with Crippen molar-refractivity contribution in [2.24, 2.45) is 0 Å². The number of halogens is 3. The molecule has 0 amide bonds. The summed E-state index contributed by atoms with van der Waals surface area (Å²) >= 11 is 5.56. The summed E-state index contributed by atoms with van der Waals surface area (Å²) in [4.78, 5) is 4.03. The summed E-state index contributed by atoms with van der Waals surface area (Å²) in [5.41, 5.74) is 1.22. The van der Waals surface area contributed by atoms with Gasteiger partial charge in [-0.1, -0.05) is 6.07 Å². The molecular weight excluding hydrogens is 236 g/mol. The monoisotopic (exact) mass is 243 g/mol. The molecule has 0 aliphatic carbocycles. The first-order valence-corrected chi connectivity index (χ1v) is 5.10. The molecule has 0 fully saturated rings. The lowest BCUT2D eigenvalue weighted by Gasteiger charge is -2.01. The number of hydrogen-bond acceptors (Lipinski definition) is 2. The van der Waals surface area contributed by atoms with E-state index in [0.717, 1.165) is 0 Å². The third kappa shape index (κ3) is 2.04. The maximum absolute atomic E-state index is 12.6. The second-order valence-electron chi connectivity index (χ2n) is 3.09. The van der Waals surface area contributed by atoms with Crippen LogP contribution in [0, 0.1) is 0 Å². The highest BCUT2D eigenvalue weighted by Gasteiger charge is 2.15. The van der Waals surface area contributed by atoms with Gasteiger partial charge >= 0.3 is 6.55 Å². The first-order valence-electron chi connectivity index (χ1n) is 4.56. The van der Waals surface area contributed by atoms with E-state index in [4.69, 9.17) is 11.6 Å². The molecule has 0 saturated heterocycles. The van der Waals surface area contributed by atoms with Crippen molar-refractivity contribution in [3.8, 4) is 11.4 Å². The number of hydrogen-bond donors (Lipinski definition) is 0. The number of aromatic nitrogens is 3. The molecule has 3 nitrogen and oxygen atoms in total. The van der Waals surface area contributed by atoms with E-state index in [1.165, 1.54) is 6.07 Å². The van der Waals surface area contributed by atoms with Crippen LogP contribution in [0.25, 0.3) is 11.4 Å². The molecule has 0 spiro atoms. The molecule has 0 unspecified atom stereocenters. The van der Waals surface area contributed by atoms with Crippen LogP contribution in [-0.4, -0.2) is 14.8 Å². The minimum Gasteiger partial charge on any atom is -0.255 e. The Hall–Kier alpha value is -1.49. The van der Waals surface area contributed by atoms with Gasteiger partial charge < -0.3 is 0 Å². The van der Waals surface area contributed by atoms with Gasteiger partial charge in [0.05, 0.1) is 17.3 Å². The summed E-state index contributed by atoms with van der Waals surface area (Å²) < 4.78 is 25.7. The van der Waals surface area contributed by atoms with Gasteiger partial charge in [-0.05, 0) is 18.2 Å². The largest absolute Gasteiger partial charge is 0.333 e. The van der Waals surface area contributed by atoms with Gasteiger partial charge in [-0.15, -0.1) is 11.6 Å². The van der Waals surface area contributed by atoms with Gasteiger partial charge in [-0.2, -0.15) is 13.9 Å². The van der Waals surface area contributed by atoms with Crippen molar-refractivity contribution in [1.82, 2.24) is 14.8 Å². The molecule has 0 saturated carbocycles. The van der Waals surface area contributed by atoms with E-state index in [0.29, 0.717) is 16.1 Å². The van der Waals surface area contributed by atoms with E-state index in [9.17, 15) is 8.78 Å². The fourth-order valence-corrected chi connectivity index (χ4v) is 1.54. The quantitative estimate of drug-likeness (QED) is 0.776. The Labute approximate surface area is 95.7 Å². The molecule has 0 atom stereocenters. The lowest BCUT2D eigenvalue weighted by atomic mass is 10.2. The van der Waals surface area contributed by atoms with Crippen molar-refractivity contribution >= 4 is 11.6 Å². The molecule has 0 N–H and O–H groups in total. The second-order valence-corrected chi connectivity index (χ2v) is 3.36. The second kappa shape index (κ2) is 4.57. The topological polar surface area (TPSA) is 30.7 Å². The maximum Gasteiger partial charge on any atom is 0.333 e. The highest BCUT2D eigenvalue weighted by Crippen LogP contribution is 2.21. The zero-order valence-corrected chi connectivity index (χ0v) is 8.90. The van der Waals surface area contributed by atoms with Gasteiger partial charge in [0.2, 0.25) is 0 Å². The Kier molecular flexibility index (Phi) is 3.14. The molecule has 84 valence electrons. The van der Waals surface area contributed by atoms with Gasteiger partial charge in [-0.3, -0.25) is 4.98 Å². The lowest BCUT2D eigenvalue weighted by molar-refractivity contribution is 0.0544. The fourth-order valence-electron chi connectivity index (χ4n) is 1.34. The molecule has 0 aliphatic heterocycles. The van der Waals surface area contributed by atoms with Crippen LogP contribution >= 0.6 is 11.6 Å². The highest BCUT2D eigenvalue weighted by molar-refractivity contribution is 6.16. The summed E-state index contributed by atoms with van der Waals surface area (Å²) in [5, 5.41) is 3.77. The summed E-state index contributed by atoms with van der Waals surface area (Å²) in [5.74, 6) is -0.00975. The summed E-state index contributed by atoms with van der Waals surface area (Å²) in [6, 6.07) is 6.73. The zero-order chi connectivity index (χ0) is 11.5. The van der Waals surface area contributed by atoms with Gasteiger partial charge in [0.25, 0.3) is 0 Å². The van der Waals surface area contributed by atoms with Crippen molar-refractivity contribution in [1.29, 1.82) is 0 Å². The minimum absolute atomic E-state index is 0.00975. The molecule has 0 radical (unpaired) electrons. The van der Waals surface area contributed by atoms with Gasteiger partial charge in [0.1, 0.15) is 5.69 Å². The van der Waals surface area contributed by atoms with Crippen molar-refractivity contribution in [2.75, 3.05) is 0 Å². The van der Waals surface area contributed by atoms with Crippen LogP contribution in [0.2, 0.25) is 0 Å². The number of nitrogens with zero attached hydrogens (tertiary/aromatic N) is 3. The van der Waals surface area contributed by atoms with E-state index in [-0.39, 0.29) is 11.6 Å². The molecule has 16 heavy (non-hydrogen) atoms. The van der Waals surface area contributed by atoms with Crippen molar-refractivity contribution in [2.45, 2.75) is 12.4 Å². The van der Waals surface area contributed by atoms with E-state index in [1.807, 2.05) is 0 Å². The average Bonchev–Trinajstić information content (AvgIpc) is 2.74. The Morgan fingerprint density at radius 3 is 2.62 bits per heavy atom. The molecule has 0 aromatic carbocycles. The Morgan fingerprint density at radius 1 is 1.31 bits per heavy atom. The van der Waals surface area contributed by atoms with E-state index in [1.54, 1.807) is 24.4 Å². The normalized spacial score (nSPS) is 11.0. The molecule has 2 aromatic heterocycles. The fraction of sp³-hybridized carbons (Fsp3) is 0.200. The van der Waals surface area contributed by atoms with Crippen LogP contribution in [0.3, 0.4) is 0 Å². The van der Waals surface area contributed by atoms with Crippen LogP contribution in [0.5, 0.6) is 0 Å². The predicted octanol–water partition coefficient (Wildman–Crippen LogP) is 3.08. The summed E-state index contributed by atoms with van der Waals surface area (Å²) in [6.45, 7) is -2.69. The van der Waals surface area contributed by atoms with Crippen LogP contribution in [0.15, 0.2) is 30.5 Å². The van der Waals surface area contributed by atoms with Crippen LogP contribution in [-0.2, 0) is 5.88 Å². The summed E-state index contributed by atoms with van der Waals surface area (Å²) in [6.07, 6.45) is 1.58. The first kappa shape index (κ1) is 11.0. The Balaban J connectivity index is 2.44. The molecule has 6 heteroatoms. The van der Waals surface area contributed by atoms with Crippen LogP contribution in [0.1, 0.15) is 12.2 Å². The molecule has 2 heterocycles. The first-order chi connectivity index (χ1) is 7.72. The molecule has 0 aliphatic rings. The highest BCUT2D eigenvalue weighted by atomic mass is 35.5. The number of pyridine rings is 1. The smallest absolute Gasteiger partial charge is 0.255 e. The van der Waals surface area contributed by atoms with Crippen LogP contribution in [0.4, 0.5) is 8.78 Å². The third-order valence-electron chi connectivity index (χ3n) is 2.06.